The van der Waals surface area contributed by atoms with Gasteiger partial charge in [-0.25, -0.2) is 10.9 Å². The lowest BCUT2D eigenvalue weighted by Gasteiger charge is -2.14. The van der Waals surface area contributed by atoms with Crippen LogP contribution < -0.4 is 20.3 Å². The molecule has 0 aliphatic heterocycles. The molecular formula is C32H38N4O4. The van der Waals surface area contributed by atoms with Gasteiger partial charge in [-0.2, -0.15) is 10.2 Å². The van der Waals surface area contributed by atoms with Crippen LogP contribution in [0, 0.1) is 13.8 Å². The number of hydrogen-bond acceptors (Lipinski definition) is 6. The Kier molecular flexibility index (Phi) is 11.0. The maximum atomic E-state index is 12.2. The summed E-state index contributed by atoms with van der Waals surface area (Å²) in [5.74, 6) is 1.30. The highest BCUT2D eigenvalue weighted by atomic mass is 16.5. The Morgan fingerprint density at radius 1 is 0.675 bits per heavy atom. The molecule has 3 aromatic rings. The number of carbonyl (C=O) groups is 2. The lowest BCUT2D eigenvalue weighted by molar-refractivity contribution is -0.123. The summed E-state index contributed by atoms with van der Waals surface area (Å²) >= 11 is 0. The van der Waals surface area contributed by atoms with E-state index >= 15 is 0 Å². The summed E-state index contributed by atoms with van der Waals surface area (Å²) in [5, 5.41) is 8.01. The van der Waals surface area contributed by atoms with E-state index in [2.05, 4.69) is 48.7 Å². The molecule has 8 nitrogen and oxygen atoms in total. The third kappa shape index (κ3) is 9.38. The normalized spacial score (nSPS) is 11.4. The maximum absolute atomic E-state index is 12.2. The predicted molar refractivity (Wildman–Crippen MR) is 159 cm³/mol. The molecule has 0 atom stereocenters. The summed E-state index contributed by atoms with van der Waals surface area (Å²) in [4.78, 5) is 24.4. The average molecular weight is 543 g/mol. The van der Waals surface area contributed by atoms with Crippen LogP contribution in [0.15, 0.2) is 70.9 Å². The first-order valence-electron chi connectivity index (χ1n) is 13.3. The van der Waals surface area contributed by atoms with Gasteiger partial charge in [0.15, 0.2) is 13.2 Å². The molecular weight excluding hydrogens is 504 g/mol. The van der Waals surface area contributed by atoms with E-state index in [-0.39, 0.29) is 36.9 Å². The summed E-state index contributed by atoms with van der Waals surface area (Å²) in [6.45, 7) is 12.0. The second-order valence-corrected chi connectivity index (χ2v) is 10.2. The number of amides is 2. The Labute approximate surface area is 236 Å². The topological polar surface area (TPSA) is 101 Å². The minimum Gasteiger partial charge on any atom is -0.483 e. The van der Waals surface area contributed by atoms with Gasteiger partial charge in [0.05, 0.1) is 12.4 Å². The van der Waals surface area contributed by atoms with Gasteiger partial charge in [-0.15, -0.1) is 0 Å². The number of hydrogen-bond donors (Lipinski definition) is 2. The summed E-state index contributed by atoms with van der Waals surface area (Å²) in [6, 6.07) is 19.3. The Morgan fingerprint density at radius 2 is 1.05 bits per heavy atom. The minimum absolute atomic E-state index is 0.128. The maximum Gasteiger partial charge on any atom is 0.277 e. The van der Waals surface area contributed by atoms with E-state index in [1.807, 2.05) is 74.5 Å². The van der Waals surface area contributed by atoms with Crippen LogP contribution in [0.4, 0.5) is 0 Å². The highest BCUT2D eigenvalue weighted by Gasteiger charge is 2.11. The van der Waals surface area contributed by atoms with E-state index in [0.29, 0.717) is 11.5 Å². The fourth-order valence-electron chi connectivity index (χ4n) is 3.86. The van der Waals surface area contributed by atoms with Crippen molar-refractivity contribution in [1.82, 2.24) is 10.9 Å². The fraction of sp³-hybridized carbons (Fsp3) is 0.312. The van der Waals surface area contributed by atoms with Crippen molar-refractivity contribution in [1.29, 1.82) is 0 Å². The van der Waals surface area contributed by atoms with Crippen molar-refractivity contribution in [2.24, 2.45) is 10.2 Å². The second kappa shape index (κ2) is 14.6. The van der Waals surface area contributed by atoms with Crippen molar-refractivity contribution in [3.05, 3.63) is 94.0 Å². The van der Waals surface area contributed by atoms with Gasteiger partial charge < -0.3 is 9.47 Å². The summed E-state index contributed by atoms with van der Waals surface area (Å²) in [6.07, 6.45) is 3.09. The number of benzene rings is 3. The van der Waals surface area contributed by atoms with Crippen LogP contribution in [-0.4, -0.2) is 37.5 Å². The number of carbonyl (C=O) groups excluding carboxylic acids is 2. The molecule has 2 N–H and O–H groups in total. The number of nitrogens with zero attached hydrogens (tertiary/aromatic N) is 2. The van der Waals surface area contributed by atoms with Crippen molar-refractivity contribution >= 4 is 24.2 Å². The molecule has 0 heterocycles. The first-order chi connectivity index (χ1) is 19.1. The first-order valence-corrected chi connectivity index (χ1v) is 13.3. The molecule has 3 aromatic carbocycles. The van der Waals surface area contributed by atoms with Gasteiger partial charge in [0.1, 0.15) is 11.5 Å². The molecule has 0 aliphatic rings. The van der Waals surface area contributed by atoms with Gasteiger partial charge >= 0.3 is 0 Å². The van der Waals surface area contributed by atoms with E-state index in [1.165, 1.54) is 0 Å². The largest absolute Gasteiger partial charge is 0.483 e. The van der Waals surface area contributed by atoms with Gasteiger partial charge in [-0.05, 0) is 71.2 Å². The number of ether oxygens (including phenoxy) is 2. The highest BCUT2D eigenvalue weighted by molar-refractivity contribution is 5.86. The van der Waals surface area contributed by atoms with Crippen LogP contribution in [0.5, 0.6) is 11.5 Å². The van der Waals surface area contributed by atoms with Gasteiger partial charge in [-0.3, -0.25) is 9.59 Å². The van der Waals surface area contributed by atoms with Crippen LogP contribution >= 0.6 is 0 Å². The fourth-order valence-corrected chi connectivity index (χ4v) is 3.86. The van der Waals surface area contributed by atoms with Gasteiger partial charge in [0, 0.05) is 0 Å². The van der Waals surface area contributed by atoms with E-state index in [1.54, 1.807) is 12.4 Å². The molecule has 0 aromatic heterocycles. The zero-order chi connectivity index (χ0) is 29.1. The lowest BCUT2D eigenvalue weighted by atomic mass is 10.0. The SMILES string of the molecule is Cc1ccc(C(C)C)c(OCC(=O)N/N=C/c2ccc(/C=N/NC(=O)COc3cc(C)ccc3C(C)C)cc2)c1. The van der Waals surface area contributed by atoms with E-state index in [9.17, 15) is 9.59 Å². The molecule has 8 heteroatoms. The molecule has 0 saturated carbocycles. The third-order valence-corrected chi connectivity index (χ3v) is 6.04. The smallest absolute Gasteiger partial charge is 0.277 e. The van der Waals surface area contributed by atoms with E-state index < -0.39 is 0 Å². The van der Waals surface area contributed by atoms with Gasteiger partial charge in [0.25, 0.3) is 11.8 Å². The molecule has 0 radical (unpaired) electrons. The molecule has 0 bridgehead atoms. The summed E-state index contributed by atoms with van der Waals surface area (Å²) < 4.78 is 11.5. The minimum atomic E-state index is -0.348. The first kappa shape index (κ1) is 30.1. The molecule has 2 amide bonds. The molecule has 0 unspecified atom stereocenters. The Morgan fingerprint density at radius 3 is 1.40 bits per heavy atom. The average Bonchev–Trinajstić information content (AvgIpc) is 2.91. The Hall–Kier alpha value is -4.46. The standard InChI is InChI=1S/C32H38N4O4/c1-21(2)27-13-7-23(5)15-29(27)39-19-31(37)35-33-17-25-9-11-26(12-10-25)18-34-36-32(38)20-40-30-16-24(6)8-14-28(30)22(3)4/h7-18,21-22H,19-20H2,1-6H3,(H,35,37)(H,36,38)/b33-17+,34-18+. The van der Waals surface area contributed by atoms with Crippen molar-refractivity contribution in [3.8, 4) is 11.5 Å². The predicted octanol–water partition coefficient (Wildman–Crippen LogP) is 5.61. The zero-order valence-electron chi connectivity index (χ0n) is 24.0. The van der Waals surface area contributed by atoms with Crippen molar-refractivity contribution in [2.45, 2.75) is 53.4 Å². The summed E-state index contributed by atoms with van der Waals surface area (Å²) in [5.41, 5.74) is 10.8. The van der Waals surface area contributed by atoms with Crippen molar-refractivity contribution in [3.63, 3.8) is 0 Å². The molecule has 0 spiro atoms. The Bertz CT molecular complexity index is 1260. The second-order valence-electron chi connectivity index (χ2n) is 10.2. The van der Waals surface area contributed by atoms with Gasteiger partial charge in [-0.1, -0.05) is 76.2 Å². The molecule has 210 valence electrons. The number of nitrogens with one attached hydrogen (secondary N) is 2. The number of rotatable bonds is 12. The number of hydrazone groups is 2. The molecule has 0 fully saturated rings. The van der Waals surface area contributed by atoms with Crippen LogP contribution in [-0.2, 0) is 9.59 Å². The van der Waals surface area contributed by atoms with Crippen LogP contribution in [0.3, 0.4) is 0 Å². The van der Waals surface area contributed by atoms with Crippen LogP contribution in [0.2, 0.25) is 0 Å². The van der Waals surface area contributed by atoms with Crippen molar-refractivity contribution < 1.29 is 19.1 Å². The van der Waals surface area contributed by atoms with E-state index in [4.69, 9.17) is 9.47 Å². The lowest BCUT2D eigenvalue weighted by Crippen LogP contribution is -2.25. The Balaban J connectivity index is 1.43. The molecule has 3 rings (SSSR count). The zero-order valence-corrected chi connectivity index (χ0v) is 24.0. The highest BCUT2D eigenvalue weighted by Crippen LogP contribution is 2.28. The molecule has 0 saturated heterocycles. The van der Waals surface area contributed by atoms with Gasteiger partial charge in [0.2, 0.25) is 0 Å². The summed E-state index contributed by atoms with van der Waals surface area (Å²) in [7, 11) is 0. The molecule has 40 heavy (non-hydrogen) atoms. The van der Waals surface area contributed by atoms with Crippen LogP contribution in [0.1, 0.15) is 72.9 Å². The third-order valence-electron chi connectivity index (χ3n) is 6.04. The van der Waals surface area contributed by atoms with Crippen LogP contribution in [0.25, 0.3) is 0 Å². The molecule has 0 aliphatic carbocycles. The number of aryl methyl sites for hydroxylation is 2. The van der Waals surface area contributed by atoms with Crippen molar-refractivity contribution in [2.75, 3.05) is 13.2 Å². The van der Waals surface area contributed by atoms with E-state index in [0.717, 1.165) is 33.4 Å². The quantitative estimate of drug-likeness (QED) is 0.229. The monoisotopic (exact) mass is 542 g/mol.